The van der Waals surface area contributed by atoms with E-state index in [0.717, 1.165) is 0 Å². The first-order valence-corrected chi connectivity index (χ1v) is 15.4. The van der Waals surface area contributed by atoms with E-state index in [1.807, 2.05) is 13.8 Å². The second kappa shape index (κ2) is 10.1. The van der Waals surface area contributed by atoms with E-state index in [1.165, 1.54) is 33.3 Å². The zero-order valence-corrected chi connectivity index (χ0v) is 23.0. The highest BCUT2D eigenvalue weighted by Gasteiger charge is 2.33. The lowest BCUT2D eigenvalue weighted by atomic mass is 10.1. The fourth-order valence-corrected chi connectivity index (χ4v) is 7.09. The van der Waals surface area contributed by atoms with E-state index in [2.05, 4.69) is 19.4 Å². The second-order valence-corrected chi connectivity index (χ2v) is 13.4. The smallest absolute Gasteiger partial charge is 0.301 e. The minimum atomic E-state index is -3.90. The number of hydrogen-bond donors (Lipinski definition) is 6. The Balaban J connectivity index is 1.53. The van der Waals surface area contributed by atoms with Gasteiger partial charge in [-0.2, -0.15) is 12.7 Å². The summed E-state index contributed by atoms with van der Waals surface area (Å²) in [4.78, 5) is 17.8. The largest absolute Gasteiger partial charge is 0.506 e. The lowest BCUT2D eigenvalue weighted by Crippen LogP contribution is -2.36. The van der Waals surface area contributed by atoms with Gasteiger partial charge in [0.25, 0.3) is 5.56 Å². The van der Waals surface area contributed by atoms with Gasteiger partial charge in [0.05, 0.1) is 16.8 Å². The zero-order valence-electron chi connectivity index (χ0n) is 21.4. The minimum Gasteiger partial charge on any atom is -0.506 e. The number of hydrogen-bond acceptors (Lipinski definition) is 10. The highest BCUT2D eigenvalue weighted by Crippen LogP contribution is 2.56. The Morgan fingerprint density at radius 1 is 1.28 bits per heavy atom. The summed E-state index contributed by atoms with van der Waals surface area (Å²) in [6.07, 6.45) is 2.75. The molecule has 0 bridgehead atoms. The number of pyridine rings is 2. The van der Waals surface area contributed by atoms with E-state index in [0.29, 0.717) is 36.3 Å². The summed E-state index contributed by atoms with van der Waals surface area (Å²) in [5, 5.41) is 14.3. The number of benzene rings is 1. The molecule has 2 aromatic heterocycles. The number of aromatic hydroxyl groups is 1. The molecule has 2 aliphatic rings. The van der Waals surface area contributed by atoms with Gasteiger partial charge in [-0.15, -0.1) is 4.40 Å². The highest BCUT2D eigenvalue weighted by molar-refractivity contribution is 8.23. The fraction of sp³-hybridized carbons (Fsp3) is 0.375. The van der Waals surface area contributed by atoms with Crippen molar-refractivity contribution < 1.29 is 22.6 Å². The molecule has 1 unspecified atom stereocenters. The first-order chi connectivity index (χ1) is 18.4. The molecule has 210 valence electrons. The van der Waals surface area contributed by atoms with E-state index in [9.17, 15) is 27.4 Å². The van der Waals surface area contributed by atoms with Crippen LogP contribution < -0.4 is 21.3 Å². The Labute approximate surface area is 227 Å². The molecule has 4 heterocycles. The van der Waals surface area contributed by atoms with Gasteiger partial charge < -0.3 is 16.2 Å². The molecule has 0 radical (unpaired) electrons. The van der Waals surface area contributed by atoms with Crippen LogP contribution in [0.2, 0.25) is 0 Å². The average Bonchev–Trinajstić information content (AvgIpc) is 3.31. The molecule has 0 saturated carbocycles. The van der Waals surface area contributed by atoms with Crippen LogP contribution in [0.3, 0.4) is 0 Å². The summed E-state index contributed by atoms with van der Waals surface area (Å²) in [6, 6.07) is 7.17. The molecule has 1 aromatic carbocycles. The fourth-order valence-electron chi connectivity index (χ4n) is 4.61. The molecule has 2 aliphatic heterocycles. The Morgan fingerprint density at radius 2 is 2.05 bits per heavy atom. The molecule has 1 fully saturated rings. The van der Waals surface area contributed by atoms with Crippen LogP contribution in [0.4, 0.5) is 11.4 Å². The summed E-state index contributed by atoms with van der Waals surface area (Å²) >= 11 is 0. The molecule has 1 saturated heterocycles. The number of nitrogens with one attached hydrogen (secondary N) is 2. The number of nitrogens with zero attached hydrogens (tertiary/aromatic N) is 4. The monoisotopic (exact) mass is 577 g/mol. The molecular formula is C24H31N7O6S2. The second-order valence-electron chi connectivity index (χ2n) is 10.0. The quantitative estimate of drug-likeness (QED) is 0.245. The molecule has 0 spiro atoms. The van der Waals surface area contributed by atoms with Crippen LogP contribution in [-0.2, 0) is 16.8 Å². The van der Waals surface area contributed by atoms with Gasteiger partial charge in [-0.1, -0.05) is 24.6 Å². The molecule has 0 amide bonds. The third-order valence-corrected chi connectivity index (χ3v) is 9.55. The third-order valence-electron chi connectivity index (χ3n) is 6.68. The van der Waals surface area contributed by atoms with Crippen LogP contribution in [-0.4, -0.2) is 61.5 Å². The normalized spacial score (nSPS) is 19.9. The summed E-state index contributed by atoms with van der Waals surface area (Å²) in [7, 11) is -7.79. The molecule has 13 nitrogen and oxygen atoms in total. The van der Waals surface area contributed by atoms with Crippen LogP contribution in [0, 0.1) is 5.92 Å². The summed E-state index contributed by atoms with van der Waals surface area (Å²) < 4.78 is 56.6. The molecule has 3 aromatic rings. The van der Waals surface area contributed by atoms with E-state index in [-0.39, 0.29) is 52.6 Å². The summed E-state index contributed by atoms with van der Waals surface area (Å²) in [5.41, 5.74) is 5.63. The Hall–Kier alpha value is -3.21. The molecule has 7 N–H and O–H groups in total. The molecule has 5 rings (SSSR count). The van der Waals surface area contributed by atoms with Crippen molar-refractivity contribution in [3.05, 3.63) is 52.4 Å². The van der Waals surface area contributed by atoms with Crippen LogP contribution >= 0.6 is 10.8 Å². The van der Waals surface area contributed by atoms with Crippen molar-refractivity contribution >= 4 is 49.2 Å². The van der Waals surface area contributed by atoms with Crippen molar-refractivity contribution in [1.82, 2.24) is 13.9 Å². The van der Waals surface area contributed by atoms with Crippen molar-refractivity contribution in [3.8, 4) is 5.75 Å². The average molecular weight is 578 g/mol. The van der Waals surface area contributed by atoms with E-state index in [4.69, 9.17) is 5.73 Å². The minimum absolute atomic E-state index is 0.0633. The van der Waals surface area contributed by atoms with E-state index >= 15 is 0 Å². The Bertz CT molecular complexity index is 1640. The number of nitrogens with two attached hydrogens (primary N) is 1. The van der Waals surface area contributed by atoms with Gasteiger partial charge in [-0.25, -0.2) is 4.98 Å². The number of aryl methyl sites for hydroxylation is 1. The Kier molecular flexibility index (Phi) is 7.07. The number of amidine groups is 1. The van der Waals surface area contributed by atoms with Crippen molar-refractivity contribution in [1.29, 1.82) is 0 Å². The molecule has 0 aliphatic carbocycles. The topological polar surface area (TPSA) is 195 Å². The SMILES string of the molecule is CC(C)CCn1c(=O)c(C2=NS(O)(O)c3cc(NS(=O)(=O)N4CCC(N)C4)ccc3N2)c(O)c2cccnc21. The van der Waals surface area contributed by atoms with Crippen molar-refractivity contribution in [2.24, 2.45) is 16.0 Å². The van der Waals surface area contributed by atoms with Crippen LogP contribution in [0.25, 0.3) is 11.0 Å². The van der Waals surface area contributed by atoms with Gasteiger partial charge in [-0.05, 0) is 49.1 Å². The van der Waals surface area contributed by atoms with Crippen molar-refractivity contribution in [2.75, 3.05) is 23.1 Å². The number of fused-ring (bicyclic) bond motifs is 2. The maximum atomic E-state index is 13.6. The van der Waals surface area contributed by atoms with Gasteiger partial charge in [0.1, 0.15) is 21.9 Å². The standard InChI is InChI=1S/C24H31N7O6S2/c1-14(2)7-11-31-23-17(4-3-9-26-23)21(32)20(24(31)33)22-27-18-6-5-16(12-19(18)38(34,35)29-22)28-39(36,37)30-10-8-15(25)13-30/h3-6,9,12,14-15,28,32,34-35H,7-8,10-11,13,25H2,1-2H3,(H,27,29). The maximum absolute atomic E-state index is 13.6. The van der Waals surface area contributed by atoms with Gasteiger partial charge in [0, 0.05) is 31.9 Å². The first kappa shape index (κ1) is 27.4. The number of rotatable bonds is 7. The van der Waals surface area contributed by atoms with Crippen molar-refractivity contribution in [2.45, 2.75) is 44.2 Å². The van der Waals surface area contributed by atoms with Gasteiger partial charge in [0.15, 0.2) is 5.84 Å². The van der Waals surface area contributed by atoms with Crippen LogP contribution in [0.1, 0.15) is 32.3 Å². The third kappa shape index (κ3) is 5.20. The van der Waals surface area contributed by atoms with Crippen LogP contribution in [0.15, 0.2) is 50.6 Å². The number of aromatic nitrogens is 2. The predicted molar refractivity (Wildman–Crippen MR) is 152 cm³/mol. The van der Waals surface area contributed by atoms with E-state index < -0.39 is 26.5 Å². The summed E-state index contributed by atoms with van der Waals surface area (Å²) in [6.45, 7) is 4.85. The van der Waals surface area contributed by atoms with Crippen LogP contribution in [0.5, 0.6) is 5.75 Å². The maximum Gasteiger partial charge on any atom is 0.301 e. The van der Waals surface area contributed by atoms with E-state index in [1.54, 1.807) is 12.1 Å². The molecule has 39 heavy (non-hydrogen) atoms. The molecule has 15 heteroatoms. The van der Waals surface area contributed by atoms with Gasteiger partial charge in [0.2, 0.25) is 0 Å². The first-order valence-electron chi connectivity index (χ1n) is 12.4. The molecule has 1 atom stereocenters. The summed E-state index contributed by atoms with van der Waals surface area (Å²) in [5.74, 6) is -0.304. The predicted octanol–water partition coefficient (Wildman–Crippen LogP) is 2.73. The molecular weight excluding hydrogens is 546 g/mol. The lowest BCUT2D eigenvalue weighted by Gasteiger charge is -2.34. The van der Waals surface area contributed by atoms with Gasteiger partial charge >= 0.3 is 10.2 Å². The lowest BCUT2D eigenvalue weighted by molar-refractivity contribution is 0.472. The highest BCUT2D eigenvalue weighted by atomic mass is 32.3. The van der Waals surface area contributed by atoms with Gasteiger partial charge in [-0.3, -0.25) is 23.2 Å². The zero-order chi connectivity index (χ0) is 28.1. The van der Waals surface area contributed by atoms with Crippen molar-refractivity contribution in [3.63, 3.8) is 0 Å². The number of anilines is 2. The Morgan fingerprint density at radius 3 is 2.74 bits per heavy atom.